The van der Waals surface area contributed by atoms with Gasteiger partial charge in [-0.25, -0.2) is 0 Å². The zero-order chi connectivity index (χ0) is 42.4. The molecule has 0 unspecified atom stereocenters. The summed E-state index contributed by atoms with van der Waals surface area (Å²) in [7, 11) is 0. The molecule has 300 valence electrons. The van der Waals surface area contributed by atoms with E-state index in [1.54, 1.807) is 0 Å². The standard InChI is InChI=1S/C62H41NS/c1-2-13-46(14-3-1)56-40-35-49(55-23-11-18-45-16-5-7-20-53(45)55)41-60(56)63(51-38-33-48(34-39-51)57-24-12-25-59-58-21-8-9-26-61(58)64-62(57)59)50-36-31-43(32-37-50)42-27-29-47(30-28-42)54-22-10-17-44-15-4-6-19-52(44)54/h1-41H. The third-order valence-electron chi connectivity index (χ3n) is 12.7. The van der Waals surface area contributed by atoms with Gasteiger partial charge in [0.25, 0.3) is 0 Å². The van der Waals surface area contributed by atoms with Gasteiger partial charge in [-0.05, 0) is 108 Å². The van der Waals surface area contributed by atoms with Gasteiger partial charge in [-0.1, -0.05) is 212 Å². The van der Waals surface area contributed by atoms with Crippen LogP contribution in [0.2, 0.25) is 0 Å². The smallest absolute Gasteiger partial charge is 0.0546 e. The van der Waals surface area contributed by atoms with E-state index >= 15 is 0 Å². The first-order valence-corrected chi connectivity index (χ1v) is 22.7. The van der Waals surface area contributed by atoms with Crippen molar-refractivity contribution >= 4 is 70.1 Å². The van der Waals surface area contributed by atoms with Crippen molar-refractivity contribution in [2.75, 3.05) is 4.90 Å². The first kappa shape index (κ1) is 37.7. The molecule has 0 fully saturated rings. The molecule has 0 aliphatic rings. The Bertz CT molecular complexity index is 3630. The Morgan fingerprint density at radius 3 is 1.38 bits per heavy atom. The lowest BCUT2D eigenvalue weighted by Gasteiger charge is -2.29. The Labute approximate surface area is 377 Å². The molecule has 64 heavy (non-hydrogen) atoms. The molecule has 11 aromatic carbocycles. The summed E-state index contributed by atoms with van der Waals surface area (Å²) in [6.45, 7) is 0. The number of fused-ring (bicyclic) bond motifs is 5. The third-order valence-corrected chi connectivity index (χ3v) is 13.9. The number of hydrogen-bond acceptors (Lipinski definition) is 2. The minimum atomic E-state index is 1.09. The quantitative estimate of drug-likeness (QED) is 0.147. The Morgan fingerprint density at radius 1 is 0.266 bits per heavy atom. The Morgan fingerprint density at radius 2 is 0.703 bits per heavy atom. The number of rotatable bonds is 8. The van der Waals surface area contributed by atoms with E-state index in [0.29, 0.717) is 0 Å². The molecule has 0 radical (unpaired) electrons. The second kappa shape index (κ2) is 16.0. The summed E-state index contributed by atoms with van der Waals surface area (Å²) in [6.07, 6.45) is 0. The summed E-state index contributed by atoms with van der Waals surface area (Å²) in [5.74, 6) is 0. The highest BCUT2D eigenvalue weighted by atomic mass is 32.1. The van der Waals surface area contributed by atoms with E-state index in [2.05, 4.69) is 254 Å². The van der Waals surface area contributed by atoms with Gasteiger partial charge >= 0.3 is 0 Å². The fourth-order valence-electron chi connectivity index (χ4n) is 9.54. The van der Waals surface area contributed by atoms with E-state index in [1.165, 1.54) is 91.8 Å². The fraction of sp³-hybridized carbons (Fsp3) is 0. The van der Waals surface area contributed by atoms with Crippen molar-refractivity contribution in [2.45, 2.75) is 0 Å². The van der Waals surface area contributed by atoms with E-state index in [1.807, 2.05) is 11.3 Å². The number of hydrogen-bond donors (Lipinski definition) is 0. The molecule has 0 aliphatic carbocycles. The van der Waals surface area contributed by atoms with Gasteiger partial charge in [0.2, 0.25) is 0 Å². The lowest BCUT2D eigenvalue weighted by atomic mass is 9.94. The molecule has 0 atom stereocenters. The zero-order valence-electron chi connectivity index (χ0n) is 35.0. The average molecular weight is 832 g/mol. The summed E-state index contributed by atoms with van der Waals surface area (Å²) >= 11 is 1.88. The van der Waals surface area contributed by atoms with E-state index < -0.39 is 0 Å². The van der Waals surface area contributed by atoms with Crippen molar-refractivity contribution in [2.24, 2.45) is 0 Å². The minimum absolute atomic E-state index is 1.09. The number of benzene rings is 11. The van der Waals surface area contributed by atoms with E-state index in [9.17, 15) is 0 Å². The molecule has 2 heteroatoms. The van der Waals surface area contributed by atoms with Gasteiger partial charge in [0.1, 0.15) is 0 Å². The molecule has 0 N–H and O–H groups in total. The molecule has 12 rings (SSSR count). The van der Waals surface area contributed by atoms with E-state index in [0.717, 1.165) is 22.6 Å². The maximum absolute atomic E-state index is 2.44. The Balaban J connectivity index is 0.993. The normalized spacial score (nSPS) is 11.4. The van der Waals surface area contributed by atoms with Crippen molar-refractivity contribution in [1.82, 2.24) is 0 Å². The van der Waals surface area contributed by atoms with Crippen LogP contribution in [-0.2, 0) is 0 Å². The van der Waals surface area contributed by atoms with Gasteiger partial charge in [0.05, 0.1) is 5.69 Å². The zero-order valence-corrected chi connectivity index (χ0v) is 35.8. The highest BCUT2D eigenvalue weighted by Gasteiger charge is 2.20. The minimum Gasteiger partial charge on any atom is -0.310 e. The molecule has 0 amide bonds. The van der Waals surface area contributed by atoms with Crippen molar-refractivity contribution < 1.29 is 0 Å². The molecule has 0 aliphatic heterocycles. The number of nitrogens with zero attached hydrogens (tertiary/aromatic N) is 1. The second-order valence-corrected chi connectivity index (χ2v) is 17.5. The predicted molar refractivity (Wildman–Crippen MR) is 276 cm³/mol. The monoisotopic (exact) mass is 831 g/mol. The summed E-state index contributed by atoms with van der Waals surface area (Å²) < 4.78 is 2.64. The lowest BCUT2D eigenvalue weighted by Crippen LogP contribution is -2.11. The Kier molecular flexibility index (Phi) is 9.43. The van der Waals surface area contributed by atoms with Crippen LogP contribution in [0.4, 0.5) is 17.1 Å². The van der Waals surface area contributed by atoms with Gasteiger partial charge in [-0.2, -0.15) is 0 Å². The number of anilines is 3. The second-order valence-electron chi connectivity index (χ2n) is 16.4. The van der Waals surface area contributed by atoms with Crippen LogP contribution >= 0.6 is 11.3 Å². The van der Waals surface area contributed by atoms with Crippen LogP contribution < -0.4 is 4.90 Å². The van der Waals surface area contributed by atoms with Crippen LogP contribution in [0, 0.1) is 0 Å². The van der Waals surface area contributed by atoms with Crippen LogP contribution in [0.1, 0.15) is 0 Å². The molecular weight excluding hydrogens is 791 g/mol. The molecule has 0 bridgehead atoms. The summed E-state index contributed by atoms with van der Waals surface area (Å²) in [5.41, 5.74) is 15.3. The molecule has 1 nitrogen and oxygen atoms in total. The molecule has 1 heterocycles. The summed E-state index contributed by atoms with van der Waals surface area (Å²) in [5, 5.41) is 7.62. The van der Waals surface area contributed by atoms with Gasteiger partial charge < -0.3 is 4.90 Å². The Hall–Kier alpha value is -8.04. The van der Waals surface area contributed by atoms with Crippen molar-refractivity contribution in [3.8, 4) is 55.6 Å². The van der Waals surface area contributed by atoms with Gasteiger partial charge in [0.15, 0.2) is 0 Å². The van der Waals surface area contributed by atoms with Crippen LogP contribution in [-0.4, -0.2) is 0 Å². The molecule has 0 spiro atoms. The lowest BCUT2D eigenvalue weighted by molar-refractivity contribution is 1.28. The first-order chi connectivity index (χ1) is 31.7. The van der Waals surface area contributed by atoms with E-state index in [-0.39, 0.29) is 0 Å². The number of thiophene rings is 1. The third kappa shape index (κ3) is 6.73. The predicted octanol–water partition coefficient (Wildman–Crippen LogP) is 18.2. The maximum atomic E-state index is 2.44. The summed E-state index contributed by atoms with van der Waals surface area (Å²) in [6, 6.07) is 91.0. The molecule has 0 saturated carbocycles. The molecule has 12 aromatic rings. The average Bonchev–Trinajstić information content (AvgIpc) is 3.76. The SMILES string of the molecule is c1ccc(-c2ccc(-c3cccc4ccccc34)cc2N(c2ccc(-c3ccc(-c4cccc5ccccc45)cc3)cc2)c2ccc(-c3cccc4c3sc3ccccc34)cc2)cc1. The molecular formula is C62H41NS. The largest absolute Gasteiger partial charge is 0.310 e. The van der Waals surface area contributed by atoms with Crippen LogP contribution in [0.3, 0.4) is 0 Å². The first-order valence-electron chi connectivity index (χ1n) is 21.9. The maximum Gasteiger partial charge on any atom is 0.0546 e. The van der Waals surface area contributed by atoms with Crippen molar-refractivity contribution in [1.29, 1.82) is 0 Å². The van der Waals surface area contributed by atoms with Crippen molar-refractivity contribution in [3.05, 3.63) is 249 Å². The molecule has 1 aromatic heterocycles. The topological polar surface area (TPSA) is 3.24 Å². The van der Waals surface area contributed by atoms with Gasteiger partial charge in [-0.3, -0.25) is 0 Å². The van der Waals surface area contributed by atoms with Crippen LogP contribution in [0.25, 0.3) is 97.4 Å². The van der Waals surface area contributed by atoms with Gasteiger partial charge in [-0.15, -0.1) is 11.3 Å². The summed E-state index contributed by atoms with van der Waals surface area (Å²) in [4.78, 5) is 2.44. The molecule has 0 saturated heterocycles. The highest BCUT2D eigenvalue weighted by molar-refractivity contribution is 7.26. The highest BCUT2D eigenvalue weighted by Crippen LogP contribution is 2.46. The van der Waals surface area contributed by atoms with E-state index in [4.69, 9.17) is 0 Å². The fourth-order valence-corrected chi connectivity index (χ4v) is 10.8. The van der Waals surface area contributed by atoms with Crippen LogP contribution in [0.5, 0.6) is 0 Å². The van der Waals surface area contributed by atoms with Crippen molar-refractivity contribution in [3.63, 3.8) is 0 Å². The van der Waals surface area contributed by atoms with Crippen LogP contribution in [0.15, 0.2) is 249 Å². The van der Waals surface area contributed by atoms with Gasteiger partial charge in [0, 0.05) is 37.1 Å².